The second-order valence-electron chi connectivity index (χ2n) is 8.28. The van der Waals surface area contributed by atoms with Crippen LogP contribution in [0.15, 0.2) is 42.6 Å². The quantitative estimate of drug-likeness (QED) is 0.555. The number of rotatable bonds is 4. The highest BCUT2D eigenvalue weighted by Crippen LogP contribution is 2.23. The van der Waals surface area contributed by atoms with Crippen molar-refractivity contribution in [1.29, 1.82) is 0 Å². The number of aromatic nitrogens is 1. The van der Waals surface area contributed by atoms with Gasteiger partial charge in [0, 0.05) is 54.3 Å². The van der Waals surface area contributed by atoms with E-state index in [1.807, 2.05) is 17.9 Å². The Morgan fingerprint density at radius 3 is 2.71 bits per heavy atom. The van der Waals surface area contributed by atoms with Gasteiger partial charge < -0.3 is 11.1 Å². The number of nitrogens with two attached hydrogens (primary N) is 1. The molecule has 0 aliphatic carbocycles. The van der Waals surface area contributed by atoms with Gasteiger partial charge in [-0.3, -0.25) is 9.69 Å². The summed E-state index contributed by atoms with van der Waals surface area (Å²) in [5, 5.41) is 4.19. The van der Waals surface area contributed by atoms with Gasteiger partial charge in [0.25, 0.3) is 5.91 Å². The van der Waals surface area contributed by atoms with Crippen molar-refractivity contribution in [3.63, 3.8) is 0 Å². The Labute approximate surface area is 198 Å². The minimum absolute atomic E-state index is 0.157. The number of pyridine rings is 1. The van der Waals surface area contributed by atoms with E-state index in [1.165, 1.54) is 12.1 Å². The highest BCUT2D eigenvalue weighted by Gasteiger charge is 2.21. The number of amides is 1. The van der Waals surface area contributed by atoms with E-state index in [2.05, 4.69) is 22.1 Å². The summed E-state index contributed by atoms with van der Waals surface area (Å²) in [7, 11) is -2.92. The molecule has 34 heavy (non-hydrogen) atoms. The molecule has 1 amide bonds. The molecule has 9 heteroatoms. The third kappa shape index (κ3) is 5.53. The Kier molecular flexibility index (Phi) is 6.82. The van der Waals surface area contributed by atoms with Crippen LogP contribution < -0.4 is 11.1 Å². The highest BCUT2D eigenvalue weighted by molar-refractivity contribution is 7.91. The molecule has 0 spiro atoms. The molecule has 0 saturated carbocycles. The zero-order chi connectivity index (χ0) is 24.3. The Morgan fingerprint density at radius 1 is 1.18 bits per heavy atom. The lowest BCUT2D eigenvalue weighted by Gasteiger charge is -2.26. The zero-order valence-corrected chi connectivity index (χ0v) is 19.6. The predicted molar refractivity (Wildman–Crippen MR) is 131 cm³/mol. The molecule has 7 nitrogen and oxygen atoms in total. The van der Waals surface area contributed by atoms with Crippen molar-refractivity contribution >= 4 is 32.3 Å². The van der Waals surface area contributed by atoms with E-state index in [0.29, 0.717) is 48.3 Å². The third-order valence-electron chi connectivity index (χ3n) is 5.86. The first-order chi connectivity index (χ1) is 16.2. The van der Waals surface area contributed by atoms with Crippen LogP contribution in [0, 0.1) is 24.6 Å². The predicted octanol–water partition coefficient (Wildman–Crippen LogP) is 2.12. The number of hydrogen-bond acceptors (Lipinski definition) is 6. The van der Waals surface area contributed by atoms with E-state index in [4.69, 9.17) is 5.73 Å². The summed E-state index contributed by atoms with van der Waals surface area (Å²) in [5.41, 5.74) is 8.45. The molecule has 0 atom stereocenters. The summed E-state index contributed by atoms with van der Waals surface area (Å²) in [6.07, 6.45) is 1.58. The average Bonchev–Trinajstić information content (AvgIpc) is 2.80. The van der Waals surface area contributed by atoms with Gasteiger partial charge in [0.1, 0.15) is 11.6 Å². The summed E-state index contributed by atoms with van der Waals surface area (Å²) >= 11 is 0. The van der Waals surface area contributed by atoms with Crippen molar-refractivity contribution in [2.24, 2.45) is 0 Å². The molecule has 2 aromatic carbocycles. The summed E-state index contributed by atoms with van der Waals surface area (Å²) in [4.78, 5) is 18.8. The molecular formula is C25H25FN4O3S. The minimum atomic E-state index is -2.92. The molecule has 1 fully saturated rings. The molecule has 0 bridgehead atoms. The lowest BCUT2D eigenvalue weighted by molar-refractivity contribution is 0.0948. The van der Waals surface area contributed by atoms with Crippen LogP contribution in [0.2, 0.25) is 0 Å². The smallest absolute Gasteiger partial charge is 0.251 e. The summed E-state index contributed by atoms with van der Waals surface area (Å²) in [6.45, 7) is 3.86. The van der Waals surface area contributed by atoms with Crippen LogP contribution in [0.3, 0.4) is 0 Å². The summed E-state index contributed by atoms with van der Waals surface area (Å²) in [6, 6.07) is 9.62. The highest BCUT2D eigenvalue weighted by atomic mass is 32.2. The SMILES string of the molecule is Cc1ccc(C(=O)NCCN2CCS(=O)(=O)CC2)cc1C#Cc1c(N)ncc2ccc(F)cc12. The molecule has 1 saturated heterocycles. The van der Waals surface area contributed by atoms with E-state index >= 15 is 0 Å². The molecular weight excluding hydrogens is 455 g/mol. The van der Waals surface area contributed by atoms with Crippen molar-refractivity contribution in [2.75, 3.05) is 43.4 Å². The van der Waals surface area contributed by atoms with Gasteiger partial charge in [-0.2, -0.15) is 0 Å². The molecule has 0 unspecified atom stereocenters. The van der Waals surface area contributed by atoms with Crippen molar-refractivity contribution in [3.8, 4) is 11.8 Å². The maximum absolute atomic E-state index is 13.8. The molecule has 1 aliphatic rings. The number of carbonyl (C=O) groups excluding carboxylic acids is 1. The van der Waals surface area contributed by atoms with Gasteiger partial charge in [0.05, 0.1) is 17.1 Å². The van der Waals surface area contributed by atoms with Crippen molar-refractivity contribution in [2.45, 2.75) is 6.92 Å². The standard InChI is InChI=1S/C25H25FN4O3S/c1-17-2-3-19(25(31)28-8-9-30-10-12-34(32,33)13-11-30)14-18(17)5-7-22-23-15-21(26)6-4-20(23)16-29-24(22)27/h2-4,6,14-16H,8-13H2,1H3,(H2,27,29)(H,28,31). The number of nitrogen functional groups attached to an aromatic ring is 1. The normalized spacial score (nSPS) is 15.5. The number of fused-ring (bicyclic) bond motifs is 1. The number of halogens is 1. The Balaban J connectivity index is 1.48. The van der Waals surface area contributed by atoms with Gasteiger partial charge in [-0.1, -0.05) is 17.9 Å². The first-order valence-corrected chi connectivity index (χ1v) is 12.7. The summed E-state index contributed by atoms with van der Waals surface area (Å²) < 4.78 is 36.8. The molecule has 4 rings (SSSR count). The Morgan fingerprint density at radius 2 is 1.94 bits per heavy atom. The largest absolute Gasteiger partial charge is 0.383 e. The van der Waals surface area contributed by atoms with Crippen molar-refractivity contribution in [3.05, 3.63) is 70.7 Å². The van der Waals surface area contributed by atoms with Crippen LogP contribution in [-0.2, 0) is 9.84 Å². The molecule has 3 N–H and O–H groups in total. The first kappa shape index (κ1) is 23.7. The average molecular weight is 481 g/mol. The lowest BCUT2D eigenvalue weighted by atomic mass is 10.0. The van der Waals surface area contributed by atoms with Crippen LogP contribution in [0.4, 0.5) is 10.2 Å². The molecule has 3 aromatic rings. The first-order valence-electron chi connectivity index (χ1n) is 10.9. The fraction of sp³-hybridized carbons (Fsp3) is 0.280. The fourth-order valence-corrected chi connectivity index (χ4v) is 5.04. The van der Waals surface area contributed by atoms with Crippen LogP contribution in [-0.4, -0.2) is 61.9 Å². The Bertz CT molecular complexity index is 1410. The maximum Gasteiger partial charge on any atom is 0.251 e. The van der Waals surface area contributed by atoms with E-state index < -0.39 is 9.84 Å². The number of carbonyl (C=O) groups is 1. The maximum atomic E-state index is 13.8. The topological polar surface area (TPSA) is 105 Å². The van der Waals surface area contributed by atoms with Gasteiger partial charge in [0.15, 0.2) is 9.84 Å². The number of nitrogens with one attached hydrogen (secondary N) is 1. The minimum Gasteiger partial charge on any atom is -0.383 e. The third-order valence-corrected chi connectivity index (χ3v) is 7.47. The number of aryl methyl sites for hydroxylation is 1. The van der Waals surface area contributed by atoms with Gasteiger partial charge >= 0.3 is 0 Å². The summed E-state index contributed by atoms with van der Waals surface area (Å²) in [5.74, 6) is 5.97. The molecule has 1 aromatic heterocycles. The lowest BCUT2D eigenvalue weighted by Crippen LogP contribution is -2.43. The van der Waals surface area contributed by atoms with Gasteiger partial charge in [0.2, 0.25) is 0 Å². The number of sulfone groups is 1. The van der Waals surface area contributed by atoms with Crippen LogP contribution in [0.5, 0.6) is 0 Å². The van der Waals surface area contributed by atoms with Crippen molar-refractivity contribution in [1.82, 2.24) is 15.2 Å². The van der Waals surface area contributed by atoms with E-state index in [-0.39, 0.29) is 29.0 Å². The van der Waals surface area contributed by atoms with E-state index in [1.54, 1.807) is 24.4 Å². The molecule has 1 aliphatic heterocycles. The monoisotopic (exact) mass is 480 g/mol. The number of anilines is 1. The molecule has 176 valence electrons. The van der Waals surface area contributed by atoms with Gasteiger partial charge in [-0.05, 0) is 42.8 Å². The van der Waals surface area contributed by atoms with E-state index in [9.17, 15) is 17.6 Å². The zero-order valence-electron chi connectivity index (χ0n) is 18.8. The number of nitrogens with zero attached hydrogens (tertiary/aromatic N) is 2. The Hall–Kier alpha value is -3.48. The van der Waals surface area contributed by atoms with Gasteiger partial charge in [-0.25, -0.2) is 17.8 Å². The van der Waals surface area contributed by atoms with Crippen LogP contribution >= 0.6 is 0 Å². The van der Waals surface area contributed by atoms with Crippen molar-refractivity contribution < 1.29 is 17.6 Å². The van der Waals surface area contributed by atoms with Gasteiger partial charge in [-0.15, -0.1) is 0 Å². The molecule has 0 radical (unpaired) electrons. The fourth-order valence-electron chi connectivity index (χ4n) is 3.76. The number of hydrogen-bond donors (Lipinski definition) is 2. The van der Waals surface area contributed by atoms with E-state index in [0.717, 1.165) is 10.9 Å². The second-order valence-corrected chi connectivity index (χ2v) is 10.6. The van der Waals surface area contributed by atoms with Crippen LogP contribution in [0.1, 0.15) is 27.0 Å². The van der Waals surface area contributed by atoms with Crippen LogP contribution in [0.25, 0.3) is 10.8 Å². The molecule has 2 heterocycles. The second kappa shape index (κ2) is 9.79. The number of benzene rings is 2.